The molecule has 1 fully saturated rings. The van der Waals surface area contributed by atoms with Gasteiger partial charge in [-0.3, -0.25) is 9.59 Å². The first-order valence-corrected chi connectivity index (χ1v) is 9.73. The van der Waals surface area contributed by atoms with Gasteiger partial charge in [-0.2, -0.15) is 0 Å². The smallest absolute Gasteiger partial charge is 0.400 e. The van der Waals surface area contributed by atoms with E-state index in [2.05, 4.69) is 9.97 Å². The number of fused-ring (bicyclic) bond motifs is 1. The van der Waals surface area contributed by atoms with Gasteiger partial charge in [0.2, 0.25) is 0 Å². The molecule has 0 amide bonds. The number of pyridine rings is 1. The summed E-state index contributed by atoms with van der Waals surface area (Å²) in [5.74, 6) is 0.456. The summed E-state index contributed by atoms with van der Waals surface area (Å²) in [7, 11) is -0.547. The fourth-order valence-electron chi connectivity index (χ4n) is 2.79. The van der Waals surface area contributed by atoms with Crippen LogP contribution in [0.1, 0.15) is 50.5 Å². The topological polar surface area (TPSA) is 81.3 Å². The Morgan fingerprint density at radius 1 is 1.30 bits per heavy atom. The van der Waals surface area contributed by atoms with Crippen molar-refractivity contribution < 1.29 is 18.9 Å². The van der Waals surface area contributed by atoms with E-state index in [4.69, 9.17) is 9.31 Å². The van der Waals surface area contributed by atoms with Crippen molar-refractivity contribution in [3.8, 4) is 0 Å². The maximum Gasteiger partial charge on any atom is 0.491 e. The minimum Gasteiger partial charge on any atom is -0.400 e. The molecule has 1 aliphatic rings. The summed E-state index contributed by atoms with van der Waals surface area (Å²) >= 11 is 1.21. The Bertz CT molecular complexity index is 904. The number of H-pyrrole nitrogens is 1. The number of carbonyl (C=O) groups is 2. The number of aromatic amines is 1. The average molecular weight is 386 g/mol. The van der Waals surface area contributed by atoms with Gasteiger partial charge in [0, 0.05) is 36.0 Å². The molecule has 2 aromatic rings. The van der Waals surface area contributed by atoms with Crippen molar-refractivity contribution in [3.05, 3.63) is 35.1 Å². The van der Waals surface area contributed by atoms with Crippen LogP contribution in [0, 0.1) is 0 Å². The lowest BCUT2D eigenvalue weighted by atomic mass is 9.78. The highest BCUT2D eigenvalue weighted by Gasteiger charge is 2.52. The van der Waals surface area contributed by atoms with Gasteiger partial charge in [-0.05, 0) is 44.8 Å². The highest BCUT2D eigenvalue weighted by molar-refractivity contribution is 8.13. The molecule has 1 aliphatic heterocycles. The highest BCUT2D eigenvalue weighted by Crippen LogP contribution is 2.39. The van der Waals surface area contributed by atoms with Crippen LogP contribution in [-0.4, -0.2) is 45.4 Å². The molecule has 1 saturated heterocycles. The lowest BCUT2D eigenvalue weighted by molar-refractivity contribution is -0.109. The van der Waals surface area contributed by atoms with E-state index in [0.29, 0.717) is 17.0 Å². The molecule has 0 radical (unpaired) electrons. The molecule has 3 heterocycles. The lowest BCUT2D eigenvalue weighted by Crippen LogP contribution is -2.41. The number of aromatic nitrogens is 2. The van der Waals surface area contributed by atoms with E-state index >= 15 is 0 Å². The number of hydrogen-bond donors (Lipinski definition) is 1. The fraction of sp³-hybridized carbons (Fsp3) is 0.421. The van der Waals surface area contributed by atoms with Crippen molar-refractivity contribution in [1.29, 1.82) is 0 Å². The van der Waals surface area contributed by atoms with Crippen molar-refractivity contribution in [3.63, 3.8) is 0 Å². The third kappa shape index (κ3) is 4.02. The standard InChI is InChI=1S/C19H23BN2O4S/c1-12(24)27-11-15(20-25-18(2,3)19(4,5)26-20)6-13-7-16-14(10-23)9-22-17(16)21-8-13/h6-10H,11H2,1-5H3,(H,21,22). The number of nitrogens with one attached hydrogen (secondary N) is 1. The van der Waals surface area contributed by atoms with E-state index in [-0.39, 0.29) is 5.12 Å². The van der Waals surface area contributed by atoms with Gasteiger partial charge in [-0.1, -0.05) is 17.8 Å². The summed E-state index contributed by atoms with van der Waals surface area (Å²) in [4.78, 5) is 30.0. The zero-order valence-electron chi connectivity index (χ0n) is 16.2. The van der Waals surface area contributed by atoms with Gasteiger partial charge in [-0.25, -0.2) is 4.98 Å². The number of hydrogen-bond acceptors (Lipinski definition) is 6. The third-order valence-corrected chi connectivity index (χ3v) is 5.95. The zero-order valence-corrected chi connectivity index (χ0v) is 17.0. The normalized spacial score (nSPS) is 18.9. The van der Waals surface area contributed by atoms with Crippen LogP contribution in [0.25, 0.3) is 17.1 Å². The van der Waals surface area contributed by atoms with Crippen molar-refractivity contribution >= 4 is 47.4 Å². The zero-order chi connectivity index (χ0) is 19.8. The number of carbonyl (C=O) groups excluding carboxylic acids is 2. The Balaban J connectivity index is 1.98. The lowest BCUT2D eigenvalue weighted by Gasteiger charge is -2.32. The number of rotatable bonds is 5. The van der Waals surface area contributed by atoms with Crippen LogP contribution in [0.5, 0.6) is 0 Å². The third-order valence-electron chi connectivity index (χ3n) is 5.06. The van der Waals surface area contributed by atoms with Gasteiger partial charge in [0.25, 0.3) is 0 Å². The Morgan fingerprint density at radius 2 is 1.96 bits per heavy atom. The van der Waals surface area contributed by atoms with Crippen molar-refractivity contribution in [2.45, 2.75) is 45.8 Å². The maximum atomic E-state index is 11.5. The molecule has 8 heteroatoms. The van der Waals surface area contributed by atoms with E-state index < -0.39 is 18.3 Å². The molecule has 0 aromatic carbocycles. The Labute approximate surface area is 163 Å². The van der Waals surface area contributed by atoms with Crippen molar-refractivity contribution in [1.82, 2.24) is 9.97 Å². The largest absolute Gasteiger partial charge is 0.491 e. The van der Waals surface area contributed by atoms with E-state index in [0.717, 1.165) is 22.7 Å². The molecule has 0 unspecified atom stereocenters. The molecule has 6 nitrogen and oxygen atoms in total. The Kier molecular flexibility index (Phi) is 5.34. The van der Waals surface area contributed by atoms with E-state index in [1.165, 1.54) is 18.7 Å². The van der Waals surface area contributed by atoms with Gasteiger partial charge in [0.1, 0.15) is 5.65 Å². The second kappa shape index (κ2) is 7.26. The second-order valence-electron chi connectivity index (χ2n) is 7.61. The van der Waals surface area contributed by atoms with Crippen LogP contribution in [-0.2, 0) is 14.1 Å². The maximum absolute atomic E-state index is 11.5. The number of thioether (sulfide) groups is 1. The number of aldehydes is 1. The molecule has 2 aromatic heterocycles. The molecule has 0 bridgehead atoms. The first-order valence-electron chi connectivity index (χ1n) is 8.75. The molecule has 0 saturated carbocycles. The predicted octanol–water partition coefficient (Wildman–Crippen LogP) is 3.67. The van der Waals surface area contributed by atoms with Crippen molar-refractivity contribution in [2.24, 2.45) is 0 Å². The first kappa shape index (κ1) is 19.9. The van der Waals surface area contributed by atoms with Crippen molar-refractivity contribution in [2.75, 3.05) is 5.75 Å². The van der Waals surface area contributed by atoms with Crippen LogP contribution in [0.3, 0.4) is 0 Å². The van der Waals surface area contributed by atoms with Crippen LogP contribution >= 0.6 is 11.8 Å². The fourth-order valence-corrected chi connectivity index (χ4v) is 3.38. The quantitative estimate of drug-likeness (QED) is 0.624. The van der Waals surface area contributed by atoms with Gasteiger partial charge in [0.15, 0.2) is 11.4 Å². The summed E-state index contributed by atoms with van der Waals surface area (Å²) in [5.41, 5.74) is 1.95. The second-order valence-corrected chi connectivity index (χ2v) is 8.77. The molecular weight excluding hydrogens is 363 g/mol. The highest BCUT2D eigenvalue weighted by atomic mass is 32.2. The molecule has 0 spiro atoms. The van der Waals surface area contributed by atoms with Gasteiger partial charge in [-0.15, -0.1) is 0 Å². The molecule has 142 valence electrons. The molecule has 27 heavy (non-hydrogen) atoms. The number of nitrogens with zero attached hydrogens (tertiary/aromatic N) is 1. The monoisotopic (exact) mass is 386 g/mol. The van der Waals surface area contributed by atoms with Gasteiger partial charge in [0.05, 0.1) is 11.2 Å². The summed E-state index contributed by atoms with van der Waals surface area (Å²) < 4.78 is 12.3. The molecule has 0 aliphatic carbocycles. The van der Waals surface area contributed by atoms with E-state index in [1.54, 1.807) is 12.4 Å². The van der Waals surface area contributed by atoms with E-state index in [9.17, 15) is 9.59 Å². The molecular formula is C19H23BN2O4S. The van der Waals surface area contributed by atoms with Gasteiger partial charge < -0.3 is 14.3 Å². The summed E-state index contributed by atoms with van der Waals surface area (Å²) in [6, 6.07) is 1.90. The summed E-state index contributed by atoms with van der Waals surface area (Å²) in [6.45, 7) is 9.51. The summed E-state index contributed by atoms with van der Waals surface area (Å²) in [5, 5.41) is 0.783. The minimum absolute atomic E-state index is 0.0277. The van der Waals surface area contributed by atoms with Crippen LogP contribution in [0.2, 0.25) is 0 Å². The average Bonchev–Trinajstić information content (AvgIpc) is 3.08. The first-order chi connectivity index (χ1) is 12.6. The van der Waals surface area contributed by atoms with Crippen LogP contribution in [0.4, 0.5) is 0 Å². The SMILES string of the molecule is CC(=O)SCC(=Cc1cnc2[nH]cc(C=O)c2c1)B1OC(C)(C)C(C)(C)O1. The van der Waals surface area contributed by atoms with Crippen LogP contribution < -0.4 is 0 Å². The molecule has 1 N–H and O–H groups in total. The van der Waals surface area contributed by atoms with E-state index in [1.807, 2.05) is 39.8 Å². The van der Waals surface area contributed by atoms with Gasteiger partial charge >= 0.3 is 7.12 Å². The molecule has 0 atom stereocenters. The Hall–Kier alpha value is -1.90. The summed E-state index contributed by atoms with van der Waals surface area (Å²) in [6.07, 6.45) is 6.08. The van der Waals surface area contributed by atoms with Crippen LogP contribution in [0.15, 0.2) is 23.9 Å². The molecule has 3 rings (SSSR count). The minimum atomic E-state index is -0.547. The Morgan fingerprint density at radius 3 is 2.56 bits per heavy atom. The predicted molar refractivity (Wildman–Crippen MR) is 109 cm³/mol.